The Kier molecular flexibility index (Phi) is 18.3. The number of ether oxygens (including phenoxy) is 1. The van der Waals surface area contributed by atoms with Crippen molar-refractivity contribution in [1.29, 1.82) is 0 Å². The molecular formula is C21H43NO2. The summed E-state index contributed by atoms with van der Waals surface area (Å²) in [5, 5.41) is 2.99. The molecule has 0 aliphatic carbocycles. The van der Waals surface area contributed by atoms with Gasteiger partial charge in [0.2, 0.25) is 0 Å². The van der Waals surface area contributed by atoms with Crippen molar-refractivity contribution < 1.29 is 9.53 Å². The van der Waals surface area contributed by atoms with Crippen LogP contribution < -0.4 is 5.32 Å². The minimum Gasteiger partial charge on any atom is -0.450 e. The van der Waals surface area contributed by atoms with Crippen LogP contribution in [-0.2, 0) is 9.53 Å². The molecule has 3 heteroatoms. The highest BCUT2D eigenvalue weighted by atomic mass is 16.5. The van der Waals surface area contributed by atoms with E-state index in [1.165, 1.54) is 70.6 Å². The van der Waals surface area contributed by atoms with Crippen LogP contribution in [0.5, 0.6) is 0 Å². The van der Waals surface area contributed by atoms with Crippen LogP contribution >= 0.6 is 0 Å². The molecule has 0 amide bonds. The fraction of sp³-hybridized carbons (Fsp3) is 0.952. The van der Waals surface area contributed by atoms with Crippen molar-refractivity contribution in [2.24, 2.45) is 5.92 Å². The second-order valence-electron chi connectivity index (χ2n) is 7.21. The molecule has 0 heterocycles. The van der Waals surface area contributed by atoms with E-state index in [-0.39, 0.29) is 5.97 Å². The molecule has 144 valence electrons. The maximum Gasteiger partial charge on any atom is 0.307 e. The van der Waals surface area contributed by atoms with Gasteiger partial charge in [-0.2, -0.15) is 0 Å². The van der Waals surface area contributed by atoms with Crippen LogP contribution in [-0.4, -0.2) is 19.2 Å². The molecule has 0 aliphatic heterocycles. The largest absolute Gasteiger partial charge is 0.450 e. The maximum atomic E-state index is 11.4. The van der Waals surface area contributed by atoms with E-state index in [0.717, 1.165) is 25.3 Å². The Hall–Kier alpha value is -0.570. The molecule has 0 aromatic heterocycles. The van der Waals surface area contributed by atoms with E-state index < -0.39 is 0 Å². The van der Waals surface area contributed by atoms with Gasteiger partial charge in [0.15, 0.2) is 0 Å². The standard InChI is InChI=1S/C21H43NO2/c1-4-20(3)17-15-13-11-9-7-6-8-10-12-14-16-18-21(23)24-19-22-5-2/h20,22H,4-19H2,1-3H3. The first-order valence-corrected chi connectivity index (χ1v) is 10.6. The van der Waals surface area contributed by atoms with Gasteiger partial charge in [-0.15, -0.1) is 0 Å². The van der Waals surface area contributed by atoms with E-state index in [9.17, 15) is 4.79 Å². The monoisotopic (exact) mass is 341 g/mol. The number of carbonyl (C=O) groups is 1. The summed E-state index contributed by atoms with van der Waals surface area (Å²) in [6.45, 7) is 7.86. The first-order valence-electron chi connectivity index (χ1n) is 10.6. The van der Waals surface area contributed by atoms with Crippen LogP contribution in [0.3, 0.4) is 0 Å². The van der Waals surface area contributed by atoms with Gasteiger partial charge in [-0.1, -0.05) is 97.8 Å². The highest BCUT2D eigenvalue weighted by Gasteiger charge is 2.02. The zero-order chi connectivity index (χ0) is 17.9. The van der Waals surface area contributed by atoms with Gasteiger partial charge in [0.05, 0.1) is 0 Å². The maximum absolute atomic E-state index is 11.4. The summed E-state index contributed by atoms with van der Waals surface area (Å²) in [4.78, 5) is 11.4. The van der Waals surface area contributed by atoms with Crippen molar-refractivity contribution in [2.75, 3.05) is 13.3 Å². The fourth-order valence-corrected chi connectivity index (χ4v) is 2.86. The van der Waals surface area contributed by atoms with Gasteiger partial charge in [-0.05, 0) is 18.9 Å². The molecule has 0 bridgehead atoms. The predicted molar refractivity (Wildman–Crippen MR) is 104 cm³/mol. The quantitative estimate of drug-likeness (QED) is 0.183. The predicted octanol–water partition coefficient (Wildman–Crippen LogP) is 6.21. The van der Waals surface area contributed by atoms with Gasteiger partial charge >= 0.3 is 5.97 Å². The lowest BCUT2D eigenvalue weighted by atomic mass is 9.99. The molecular weight excluding hydrogens is 298 g/mol. The molecule has 0 rings (SSSR count). The Balaban J connectivity index is 3.11. The SMILES string of the molecule is CCNCOC(=O)CCCCCCCCCCCCCC(C)CC. The first-order chi connectivity index (χ1) is 11.7. The van der Waals surface area contributed by atoms with Crippen molar-refractivity contribution in [3.63, 3.8) is 0 Å². The number of carbonyl (C=O) groups excluding carboxylic acids is 1. The third-order valence-corrected chi connectivity index (χ3v) is 4.86. The lowest BCUT2D eigenvalue weighted by Gasteiger charge is -2.07. The summed E-state index contributed by atoms with van der Waals surface area (Å²) in [6.07, 6.45) is 17.9. The number of unbranched alkanes of at least 4 members (excludes halogenated alkanes) is 10. The molecule has 24 heavy (non-hydrogen) atoms. The average molecular weight is 342 g/mol. The van der Waals surface area contributed by atoms with Gasteiger partial charge < -0.3 is 4.74 Å². The van der Waals surface area contributed by atoms with Crippen molar-refractivity contribution >= 4 is 5.97 Å². The van der Waals surface area contributed by atoms with E-state index in [4.69, 9.17) is 4.74 Å². The molecule has 0 saturated heterocycles. The lowest BCUT2D eigenvalue weighted by Crippen LogP contribution is -2.20. The summed E-state index contributed by atoms with van der Waals surface area (Å²) in [5.41, 5.74) is 0. The van der Waals surface area contributed by atoms with Crippen LogP contribution in [0, 0.1) is 5.92 Å². The van der Waals surface area contributed by atoms with E-state index in [0.29, 0.717) is 13.2 Å². The van der Waals surface area contributed by atoms with Crippen LogP contribution in [0.15, 0.2) is 0 Å². The highest BCUT2D eigenvalue weighted by molar-refractivity contribution is 5.69. The summed E-state index contributed by atoms with van der Waals surface area (Å²) in [6, 6.07) is 0. The topological polar surface area (TPSA) is 38.3 Å². The van der Waals surface area contributed by atoms with Crippen molar-refractivity contribution in [2.45, 2.75) is 111 Å². The molecule has 3 nitrogen and oxygen atoms in total. The first kappa shape index (κ1) is 23.4. The summed E-state index contributed by atoms with van der Waals surface area (Å²) in [5.74, 6) is 0.851. The third kappa shape index (κ3) is 17.8. The summed E-state index contributed by atoms with van der Waals surface area (Å²) in [7, 11) is 0. The van der Waals surface area contributed by atoms with Crippen LogP contribution in [0.4, 0.5) is 0 Å². The number of hydrogen-bond acceptors (Lipinski definition) is 3. The molecule has 0 spiro atoms. The number of nitrogens with one attached hydrogen (secondary N) is 1. The molecule has 0 aromatic rings. The Morgan fingerprint density at radius 3 is 1.83 bits per heavy atom. The van der Waals surface area contributed by atoms with Crippen LogP contribution in [0.25, 0.3) is 0 Å². The van der Waals surface area contributed by atoms with Gasteiger partial charge in [-0.3, -0.25) is 10.1 Å². The molecule has 0 saturated carbocycles. The van der Waals surface area contributed by atoms with Crippen molar-refractivity contribution in [3.05, 3.63) is 0 Å². The molecule has 0 fully saturated rings. The van der Waals surface area contributed by atoms with Gasteiger partial charge in [-0.25, -0.2) is 0 Å². The normalized spacial score (nSPS) is 12.3. The number of rotatable bonds is 18. The van der Waals surface area contributed by atoms with E-state index in [1.807, 2.05) is 6.92 Å². The minimum absolute atomic E-state index is 0.0655. The Labute approximate surface area is 151 Å². The lowest BCUT2D eigenvalue weighted by molar-refractivity contribution is -0.144. The van der Waals surface area contributed by atoms with E-state index in [2.05, 4.69) is 19.2 Å². The molecule has 1 atom stereocenters. The fourth-order valence-electron chi connectivity index (χ4n) is 2.86. The highest BCUT2D eigenvalue weighted by Crippen LogP contribution is 2.15. The zero-order valence-corrected chi connectivity index (χ0v) is 16.7. The second-order valence-corrected chi connectivity index (χ2v) is 7.21. The number of esters is 1. The van der Waals surface area contributed by atoms with Gasteiger partial charge in [0.25, 0.3) is 0 Å². The number of hydrogen-bond donors (Lipinski definition) is 1. The molecule has 0 radical (unpaired) electrons. The Morgan fingerprint density at radius 2 is 1.33 bits per heavy atom. The molecule has 1 unspecified atom stereocenters. The average Bonchev–Trinajstić information content (AvgIpc) is 2.58. The van der Waals surface area contributed by atoms with Crippen LogP contribution in [0.2, 0.25) is 0 Å². The zero-order valence-electron chi connectivity index (χ0n) is 16.7. The van der Waals surface area contributed by atoms with Gasteiger partial charge in [0.1, 0.15) is 6.73 Å². The van der Waals surface area contributed by atoms with Crippen molar-refractivity contribution in [1.82, 2.24) is 5.32 Å². The van der Waals surface area contributed by atoms with Gasteiger partial charge in [0, 0.05) is 6.42 Å². The van der Waals surface area contributed by atoms with E-state index >= 15 is 0 Å². The summed E-state index contributed by atoms with van der Waals surface area (Å²) >= 11 is 0. The minimum atomic E-state index is -0.0655. The molecule has 1 N–H and O–H groups in total. The smallest absolute Gasteiger partial charge is 0.307 e. The Morgan fingerprint density at radius 1 is 0.833 bits per heavy atom. The van der Waals surface area contributed by atoms with E-state index in [1.54, 1.807) is 0 Å². The third-order valence-electron chi connectivity index (χ3n) is 4.86. The molecule has 0 aromatic carbocycles. The van der Waals surface area contributed by atoms with Crippen molar-refractivity contribution in [3.8, 4) is 0 Å². The Bertz CT molecular complexity index is 269. The molecule has 0 aliphatic rings. The van der Waals surface area contributed by atoms with Crippen LogP contribution in [0.1, 0.15) is 111 Å². The second kappa shape index (κ2) is 18.8. The summed E-state index contributed by atoms with van der Waals surface area (Å²) < 4.78 is 5.05.